The van der Waals surface area contributed by atoms with E-state index in [0.717, 1.165) is 50.0 Å². The molecule has 0 amide bonds. The van der Waals surface area contributed by atoms with E-state index in [0.29, 0.717) is 34.3 Å². The van der Waals surface area contributed by atoms with Crippen LogP contribution in [0, 0.1) is 40.4 Å². The monoisotopic (exact) mass is 833 g/mol. The number of nitrogens with zero attached hydrogens (tertiary/aromatic N) is 1. The predicted octanol–water partition coefficient (Wildman–Crippen LogP) is 8.89. The van der Waals surface area contributed by atoms with E-state index in [1.165, 1.54) is 101 Å². The van der Waals surface area contributed by atoms with Crippen molar-refractivity contribution in [3.05, 3.63) is 70.1 Å². The van der Waals surface area contributed by atoms with Crippen LogP contribution in [0.15, 0.2) is 59.0 Å². The van der Waals surface area contributed by atoms with Crippen LogP contribution in [0.3, 0.4) is 0 Å². The molecule has 0 unspecified atom stereocenters. The number of rotatable bonds is 9. The number of piperidine rings is 1. The number of aliphatic hydroxyl groups excluding tert-OH is 3. The number of aliphatic hydroxyl groups is 3. The van der Waals surface area contributed by atoms with E-state index in [9.17, 15) is 20.1 Å². The molecule has 3 saturated heterocycles. The number of carbonyl (C=O) groups excluding carboxylic acids is 1. The molecule has 0 radical (unpaired) electrons. The third kappa shape index (κ3) is 7.23. The van der Waals surface area contributed by atoms with Gasteiger partial charge in [-0.2, -0.15) is 0 Å². The minimum absolute atomic E-state index is 0.00653. The van der Waals surface area contributed by atoms with Crippen molar-refractivity contribution in [3.8, 4) is 0 Å². The van der Waals surface area contributed by atoms with Crippen molar-refractivity contribution in [2.45, 2.75) is 147 Å². The van der Waals surface area contributed by atoms with Crippen molar-refractivity contribution in [1.29, 1.82) is 0 Å². The Morgan fingerprint density at radius 3 is 2.53 bits per heavy atom. The Labute approximate surface area is 354 Å². The van der Waals surface area contributed by atoms with Gasteiger partial charge in [0.2, 0.25) is 5.76 Å². The van der Waals surface area contributed by atoms with Gasteiger partial charge in [-0.3, -0.25) is 4.90 Å². The number of hydrogen-bond donors (Lipinski definition) is 3. The lowest BCUT2D eigenvalue weighted by Gasteiger charge is -2.53. The molecule has 9 rings (SSSR count). The zero-order valence-electron chi connectivity index (χ0n) is 34.9. The summed E-state index contributed by atoms with van der Waals surface area (Å²) in [6.07, 6.45) is 23.4. The largest absolute Gasteiger partial charge is 0.492 e. The molecule has 8 aliphatic rings. The van der Waals surface area contributed by atoms with Crippen LogP contribution >= 0.6 is 21.6 Å². The maximum Gasteiger partial charge on any atom is 0.345 e. The highest BCUT2D eigenvalue weighted by atomic mass is 33.1. The highest BCUT2D eigenvalue weighted by Crippen LogP contribution is 2.71. The van der Waals surface area contributed by atoms with Crippen LogP contribution < -0.4 is 0 Å². The normalized spacial score (nSPS) is 38.5. The maximum absolute atomic E-state index is 13.1. The predicted molar refractivity (Wildman–Crippen MR) is 230 cm³/mol. The van der Waals surface area contributed by atoms with E-state index in [1.54, 1.807) is 0 Å². The number of methoxy groups -OCH3 is 1. The summed E-state index contributed by atoms with van der Waals surface area (Å²) in [5.41, 5.74) is 3.70. The van der Waals surface area contributed by atoms with E-state index < -0.39 is 24.6 Å². The van der Waals surface area contributed by atoms with Crippen molar-refractivity contribution >= 4 is 27.6 Å². The summed E-state index contributed by atoms with van der Waals surface area (Å²) in [5.74, 6) is 4.00. The summed E-state index contributed by atoms with van der Waals surface area (Å²) >= 11 is 0. The first kappa shape index (κ1) is 41.4. The van der Waals surface area contributed by atoms with Gasteiger partial charge in [0.1, 0.15) is 11.3 Å². The van der Waals surface area contributed by atoms with Crippen LogP contribution in [-0.2, 0) is 31.8 Å². The zero-order chi connectivity index (χ0) is 40.0. The minimum atomic E-state index is -0.646. The molecule has 58 heavy (non-hydrogen) atoms. The lowest BCUT2D eigenvalue weighted by molar-refractivity contribution is -0.134. The molecule has 5 aliphatic heterocycles. The van der Waals surface area contributed by atoms with Crippen LogP contribution in [0.25, 0.3) is 0 Å². The summed E-state index contributed by atoms with van der Waals surface area (Å²) < 4.78 is 18.2. The molecular weight excluding hydrogens is 767 g/mol. The Morgan fingerprint density at radius 1 is 0.948 bits per heavy atom. The number of aryl methyl sites for hydroxylation is 1. The number of benzene rings is 1. The van der Waals surface area contributed by atoms with Crippen molar-refractivity contribution in [3.63, 3.8) is 0 Å². The molecule has 0 bridgehead atoms. The average molecular weight is 834 g/mol. The van der Waals surface area contributed by atoms with Gasteiger partial charge in [0, 0.05) is 35.5 Å². The first-order chi connectivity index (χ1) is 28.3. The molecule has 10 heteroatoms. The smallest absolute Gasteiger partial charge is 0.345 e. The Bertz CT molecular complexity index is 1770. The first-order valence-corrected chi connectivity index (χ1v) is 25.4. The van der Waals surface area contributed by atoms with E-state index in [1.807, 2.05) is 10.8 Å². The minimum Gasteiger partial charge on any atom is -0.492 e. The molecule has 3 aliphatic carbocycles. The number of cyclic esters (lactones) is 1. The molecule has 2 spiro atoms. The molecule has 3 N–H and O–H groups in total. The third-order valence-electron chi connectivity index (χ3n) is 16.7. The van der Waals surface area contributed by atoms with Gasteiger partial charge in [-0.1, -0.05) is 84.9 Å². The van der Waals surface area contributed by atoms with Crippen molar-refractivity contribution in [1.82, 2.24) is 4.90 Å². The summed E-state index contributed by atoms with van der Waals surface area (Å²) in [4.78, 5) is 15.6. The van der Waals surface area contributed by atoms with Crippen LogP contribution in [0.1, 0.15) is 121 Å². The number of carbonyl (C=O) groups is 1. The second kappa shape index (κ2) is 17.4. The number of hydrogen-bond acceptors (Lipinski definition) is 10. The number of esters is 1. The van der Waals surface area contributed by atoms with Gasteiger partial charge < -0.3 is 29.5 Å². The van der Waals surface area contributed by atoms with Crippen LogP contribution in [-0.4, -0.2) is 82.2 Å². The zero-order valence-corrected chi connectivity index (χ0v) is 36.5. The lowest BCUT2D eigenvalue weighted by atomic mass is 9.57. The lowest BCUT2D eigenvalue weighted by Crippen LogP contribution is -2.61. The Kier molecular flexibility index (Phi) is 12.4. The molecule has 0 aromatic heterocycles. The highest BCUT2D eigenvalue weighted by molar-refractivity contribution is 8.76. The fraction of sp³-hybridized carbons (Fsp3) is 0.729. The fourth-order valence-electron chi connectivity index (χ4n) is 14.2. The Morgan fingerprint density at radius 2 is 1.74 bits per heavy atom. The van der Waals surface area contributed by atoms with Crippen molar-refractivity contribution < 1.29 is 34.3 Å². The molecular formula is C48H67NO7S2. The summed E-state index contributed by atoms with van der Waals surface area (Å²) in [6, 6.07) is 9.48. The third-order valence-corrected chi connectivity index (χ3v) is 19.2. The van der Waals surface area contributed by atoms with Crippen molar-refractivity contribution in [2.75, 3.05) is 31.8 Å². The van der Waals surface area contributed by atoms with Gasteiger partial charge in [-0.15, -0.1) is 0 Å². The second-order valence-electron chi connectivity index (χ2n) is 19.3. The second-order valence-corrected chi connectivity index (χ2v) is 21.9. The summed E-state index contributed by atoms with van der Waals surface area (Å²) in [7, 11) is 5.59. The van der Waals surface area contributed by atoms with Crippen LogP contribution in [0.4, 0.5) is 0 Å². The molecule has 318 valence electrons. The standard InChI is InChI=1S/C48H67NO7S2/c1-3-4-5-10-30-11-8-12-31(21-30)22-32-23-38-40(52)25-37-33(15-20-48(37)19-9-18-47(48)16-6-7-17-47)28-57-58-29-34-13-14-41-42(39(24-32)49(34)38)35(26-50)44(55-41)45-43(54-2)36(27-51)46(53)56-45/h8,11-12,14,21,32-35,37-40,42,50-52H,3-7,9-10,13,15-20,22-29H2,1-2H3/t32-,33-,34-,35+,37+,38-,39+,40+,42+,48-/m1/s1. The van der Waals surface area contributed by atoms with E-state index in [2.05, 4.69) is 53.0 Å². The van der Waals surface area contributed by atoms with Gasteiger partial charge in [0.25, 0.3) is 0 Å². The van der Waals surface area contributed by atoms with Crippen molar-refractivity contribution in [2.24, 2.45) is 40.4 Å². The highest BCUT2D eigenvalue weighted by Gasteiger charge is 2.63. The number of fused-ring (bicyclic) bond motifs is 5. The molecule has 8 nitrogen and oxygen atoms in total. The molecule has 1 aromatic rings. The van der Waals surface area contributed by atoms with Gasteiger partial charge >= 0.3 is 5.97 Å². The van der Waals surface area contributed by atoms with Gasteiger partial charge in [-0.25, -0.2) is 4.79 Å². The topological polar surface area (TPSA) is 109 Å². The molecule has 1 aromatic carbocycles. The Balaban J connectivity index is 1.10. The number of unbranched alkanes of at least 4 members (excludes halogenated alkanes) is 2. The Hall–Kier alpha value is -1.95. The summed E-state index contributed by atoms with van der Waals surface area (Å²) in [6.45, 7) is 1.57. The van der Waals surface area contributed by atoms with Gasteiger partial charge in [0.15, 0.2) is 11.5 Å². The van der Waals surface area contributed by atoms with E-state index in [4.69, 9.17) is 14.2 Å². The molecule has 5 heterocycles. The van der Waals surface area contributed by atoms with E-state index >= 15 is 0 Å². The average Bonchev–Trinajstić information content (AvgIpc) is 4.05. The maximum atomic E-state index is 13.1. The number of ether oxygens (including phenoxy) is 3. The quantitative estimate of drug-likeness (QED) is 0.127. The van der Waals surface area contributed by atoms with Crippen LogP contribution in [0.2, 0.25) is 0 Å². The molecule has 3 saturated carbocycles. The van der Waals surface area contributed by atoms with Crippen LogP contribution in [0.5, 0.6) is 0 Å². The fourth-order valence-corrected chi connectivity index (χ4v) is 17.0. The van der Waals surface area contributed by atoms with Gasteiger partial charge in [0.05, 0.1) is 32.3 Å². The van der Waals surface area contributed by atoms with Gasteiger partial charge in [-0.05, 0) is 129 Å². The SMILES string of the molecule is CCCCCc1cccc(C[C@@H]2C[C@@H]3[C@@H](O)C[C@H]4[C@H](CC[C@]45CCCC54CCCC4)CSSC[C@H]4CC=C5OC(=C6OC(=O)C(CO)=C6OC)[C@@H](CO)[C@H]5[C@H](C2)N43)c1. The van der Waals surface area contributed by atoms with E-state index in [-0.39, 0.29) is 47.7 Å². The molecule has 10 atom stereocenters. The molecule has 6 fully saturated rings. The first-order valence-electron chi connectivity index (χ1n) is 22.9. The summed E-state index contributed by atoms with van der Waals surface area (Å²) in [5, 5.41) is 34.5.